The molecule has 0 bridgehead atoms. The Balaban J connectivity index is 3.03. The molecular formula is C9H8ClN3O5. The third-order valence-electron chi connectivity index (χ3n) is 1.63. The topological polar surface area (TPSA) is 121 Å². The average molecular weight is 274 g/mol. The summed E-state index contributed by atoms with van der Waals surface area (Å²) in [5, 5.41) is 10.3. The quantitative estimate of drug-likeness (QED) is 0.699. The van der Waals surface area contributed by atoms with Crippen molar-refractivity contribution in [1.29, 1.82) is 0 Å². The third kappa shape index (κ3) is 3.32. The van der Waals surface area contributed by atoms with E-state index in [-0.39, 0.29) is 6.61 Å². The Kier molecular flexibility index (Phi) is 4.44. The van der Waals surface area contributed by atoms with Crippen LogP contribution in [-0.2, 0) is 4.74 Å². The first-order valence-electron chi connectivity index (χ1n) is 4.53. The first kappa shape index (κ1) is 13.7. The van der Waals surface area contributed by atoms with E-state index in [1.807, 2.05) is 5.32 Å². The van der Waals surface area contributed by atoms with Gasteiger partial charge in [0.1, 0.15) is 12.4 Å². The summed E-state index contributed by atoms with van der Waals surface area (Å²) >= 11 is 5.37. The molecule has 0 aliphatic rings. The fraction of sp³-hybridized carbons (Fsp3) is 0.111. The fourth-order valence-electron chi connectivity index (χ4n) is 0.947. The number of ether oxygens (including phenoxy) is 1. The van der Waals surface area contributed by atoms with Crippen LogP contribution in [0, 0.1) is 0 Å². The maximum Gasteiger partial charge on any atom is 0.413 e. The second-order valence-corrected chi connectivity index (χ2v) is 3.26. The van der Waals surface area contributed by atoms with E-state index in [4.69, 9.17) is 16.7 Å². The summed E-state index contributed by atoms with van der Waals surface area (Å²) in [6, 6.07) is 0. The number of carbonyl (C=O) groups is 2. The van der Waals surface area contributed by atoms with E-state index in [0.717, 1.165) is 0 Å². The number of carbonyl (C=O) groups excluding carboxylic acids is 1. The van der Waals surface area contributed by atoms with Gasteiger partial charge in [-0.3, -0.25) is 10.1 Å². The lowest BCUT2D eigenvalue weighted by atomic mass is 10.4. The van der Waals surface area contributed by atoms with E-state index in [1.54, 1.807) is 0 Å². The van der Waals surface area contributed by atoms with Crippen molar-refractivity contribution < 1.29 is 19.4 Å². The third-order valence-corrected chi connectivity index (χ3v) is 1.89. The molecule has 1 amide bonds. The predicted octanol–water partition coefficient (Wildman–Crippen LogP) is 0.856. The highest BCUT2D eigenvalue weighted by Gasteiger charge is 2.18. The summed E-state index contributed by atoms with van der Waals surface area (Å²) in [4.78, 5) is 38.6. The average Bonchev–Trinajstić information content (AvgIpc) is 2.30. The number of nitrogens with one attached hydrogen (secondary N) is 2. The Morgan fingerprint density at radius 2 is 2.28 bits per heavy atom. The largest absolute Gasteiger partial charge is 0.476 e. The molecule has 1 rings (SSSR count). The Morgan fingerprint density at radius 1 is 1.61 bits per heavy atom. The minimum absolute atomic E-state index is 0.0700. The van der Waals surface area contributed by atoms with E-state index in [1.165, 1.54) is 6.08 Å². The molecule has 1 aromatic heterocycles. The van der Waals surface area contributed by atoms with Crippen LogP contribution in [0.3, 0.4) is 0 Å². The first-order valence-corrected chi connectivity index (χ1v) is 4.91. The standard InChI is InChI=1S/C9H8ClN3O5/c1-2-3-18-9(17)13-6-4(8(15)16)11-5(10)7(14)12-6/h2H,1,3H2,(H,15,16)(H2,12,13,14,17). The number of rotatable bonds is 4. The second-order valence-electron chi connectivity index (χ2n) is 2.90. The zero-order chi connectivity index (χ0) is 13.7. The molecule has 18 heavy (non-hydrogen) atoms. The molecule has 0 radical (unpaired) electrons. The maximum absolute atomic E-state index is 11.2. The van der Waals surface area contributed by atoms with Gasteiger partial charge in [-0.2, -0.15) is 0 Å². The van der Waals surface area contributed by atoms with Crippen LogP contribution >= 0.6 is 11.6 Å². The van der Waals surface area contributed by atoms with Gasteiger partial charge in [-0.15, -0.1) is 0 Å². The van der Waals surface area contributed by atoms with Crippen molar-refractivity contribution in [3.63, 3.8) is 0 Å². The number of H-pyrrole nitrogens is 1. The van der Waals surface area contributed by atoms with Gasteiger partial charge in [-0.25, -0.2) is 14.6 Å². The molecule has 1 heterocycles. The van der Waals surface area contributed by atoms with Gasteiger partial charge in [0.15, 0.2) is 10.8 Å². The highest BCUT2D eigenvalue weighted by molar-refractivity contribution is 6.29. The molecule has 1 aromatic rings. The van der Waals surface area contributed by atoms with Crippen LogP contribution < -0.4 is 10.9 Å². The van der Waals surface area contributed by atoms with Gasteiger partial charge < -0.3 is 14.8 Å². The van der Waals surface area contributed by atoms with Crippen LogP contribution in [0.15, 0.2) is 17.4 Å². The summed E-state index contributed by atoms with van der Waals surface area (Å²) in [6.45, 7) is 3.25. The fourth-order valence-corrected chi connectivity index (χ4v) is 1.08. The number of aromatic amines is 1. The lowest BCUT2D eigenvalue weighted by Gasteiger charge is -2.07. The zero-order valence-electron chi connectivity index (χ0n) is 8.90. The normalized spacial score (nSPS) is 9.61. The Bertz CT molecular complexity index is 554. The van der Waals surface area contributed by atoms with E-state index in [9.17, 15) is 14.4 Å². The summed E-state index contributed by atoms with van der Waals surface area (Å²) in [5.74, 6) is -1.88. The van der Waals surface area contributed by atoms with E-state index >= 15 is 0 Å². The van der Waals surface area contributed by atoms with Crippen molar-refractivity contribution in [2.24, 2.45) is 0 Å². The molecule has 0 spiro atoms. The first-order chi connectivity index (χ1) is 8.45. The van der Waals surface area contributed by atoms with Crippen LogP contribution in [0.1, 0.15) is 10.5 Å². The van der Waals surface area contributed by atoms with Crippen molar-refractivity contribution in [3.8, 4) is 0 Å². The summed E-state index contributed by atoms with van der Waals surface area (Å²) < 4.78 is 4.56. The monoisotopic (exact) mass is 273 g/mol. The Hall–Kier alpha value is -2.35. The molecule has 0 aliphatic heterocycles. The number of hydrogen-bond acceptors (Lipinski definition) is 5. The van der Waals surface area contributed by atoms with Crippen LogP contribution in [0.5, 0.6) is 0 Å². The van der Waals surface area contributed by atoms with Gasteiger partial charge in [-0.05, 0) is 0 Å². The molecule has 8 nitrogen and oxygen atoms in total. The van der Waals surface area contributed by atoms with Gasteiger partial charge >= 0.3 is 12.1 Å². The van der Waals surface area contributed by atoms with Gasteiger partial charge in [0, 0.05) is 0 Å². The highest BCUT2D eigenvalue weighted by Crippen LogP contribution is 2.10. The zero-order valence-corrected chi connectivity index (χ0v) is 9.65. The maximum atomic E-state index is 11.2. The molecule has 0 atom stereocenters. The summed E-state index contributed by atoms with van der Waals surface area (Å²) in [6.07, 6.45) is 0.359. The summed E-state index contributed by atoms with van der Waals surface area (Å²) in [7, 11) is 0. The number of carboxylic acid groups (broad SMARTS) is 1. The van der Waals surface area contributed by atoms with E-state index in [0.29, 0.717) is 0 Å². The lowest BCUT2D eigenvalue weighted by Crippen LogP contribution is -2.22. The molecule has 0 fully saturated rings. The van der Waals surface area contributed by atoms with Gasteiger partial charge in [-0.1, -0.05) is 24.3 Å². The van der Waals surface area contributed by atoms with Crippen molar-refractivity contribution in [2.75, 3.05) is 11.9 Å². The minimum Gasteiger partial charge on any atom is -0.476 e. The van der Waals surface area contributed by atoms with Gasteiger partial charge in [0.25, 0.3) is 5.56 Å². The number of aromatic nitrogens is 2. The molecule has 9 heteroatoms. The molecule has 0 aromatic carbocycles. The minimum atomic E-state index is -1.47. The van der Waals surface area contributed by atoms with Crippen LogP contribution in [0.4, 0.5) is 10.6 Å². The van der Waals surface area contributed by atoms with E-state index < -0.39 is 34.3 Å². The van der Waals surface area contributed by atoms with Crippen molar-refractivity contribution >= 4 is 29.5 Å². The number of anilines is 1. The van der Waals surface area contributed by atoms with Crippen LogP contribution in [0.25, 0.3) is 0 Å². The molecule has 0 saturated heterocycles. The number of aromatic carboxylic acids is 1. The number of amides is 1. The highest BCUT2D eigenvalue weighted by atomic mass is 35.5. The summed E-state index contributed by atoms with van der Waals surface area (Å²) in [5.41, 5.74) is -1.43. The molecule has 0 unspecified atom stereocenters. The second kappa shape index (κ2) is 5.82. The molecule has 96 valence electrons. The SMILES string of the molecule is C=CCOC(=O)Nc1[nH]c(=O)c(Cl)nc1C(=O)O. The number of halogens is 1. The van der Waals surface area contributed by atoms with E-state index in [2.05, 4.69) is 21.3 Å². The Labute approximate surface area is 105 Å². The molecule has 0 aliphatic carbocycles. The number of carboxylic acids is 1. The Morgan fingerprint density at radius 3 is 2.83 bits per heavy atom. The molecule has 3 N–H and O–H groups in total. The predicted molar refractivity (Wildman–Crippen MR) is 62.0 cm³/mol. The van der Waals surface area contributed by atoms with Gasteiger partial charge in [0.05, 0.1) is 0 Å². The van der Waals surface area contributed by atoms with Crippen LogP contribution in [0.2, 0.25) is 5.15 Å². The lowest BCUT2D eigenvalue weighted by molar-refractivity contribution is 0.0691. The van der Waals surface area contributed by atoms with Crippen molar-refractivity contribution in [1.82, 2.24) is 9.97 Å². The van der Waals surface area contributed by atoms with Crippen molar-refractivity contribution in [3.05, 3.63) is 33.9 Å². The molecule has 0 saturated carbocycles. The smallest absolute Gasteiger partial charge is 0.413 e. The van der Waals surface area contributed by atoms with Crippen LogP contribution in [-0.4, -0.2) is 33.7 Å². The van der Waals surface area contributed by atoms with Crippen molar-refractivity contribution in [2.45, 2.75) is 0 Å². The van der Waals surface area contributed by atoms with Gasteiger partial charge in [0.2, 0.25) is 0 Å². The number of nitrogens with zero attached hydrogens (tertiary/aromatic N) is 1. The molecular weight excluding hydrogens is 266 g/mol. The number of hydrogen-bond donors (Lipinski definition) is 3.